The number of carbonyl (C=O) groups is 1. The molecule has 1 N–H and O–H groups in total. The Morgan fingerprint density at radius 2 is 1.55 bits per heavy atom. The van der Waals surface area contributed by atoms with Gasteiger partial charge in [-0.2, -0.15) is 0 Å². The highest BCUT2D eigenvalue weighted by atomic mass is 32.1. The molecular weight excluding hydrogens is 436 g/mol. The normalized spacial score (nSPS) is 15.2. The number of benzene rings is 2. The predicted octanol–water partition coefficient (Wildman–Crippen LogP) is 5.06. The Labute approximate surface area is 199 Å². The van der Waals surface area contributed by atoms with Gasteiger partial charge in [-0.15, -0.1) is 11.3 Å². The fourth-order valence-corrected chi connectivity index (χ4v) is 5.25. The lowest BCUT2D eigenvalue weighted by Gasteiger charge is -2.35. The van der Waals surface area contributed by atoms with Crippen LogP contribution in [0.5, 0.6) is 11.5 Å². The van der Waals surface area contributed by atoms with Crippen LogP contribution in [-0.2, 0) is 4.74 Å². The molecule has 1 saturated heterocycles. The van der Waals surface area contributed by atoms with Gasteiger partial charge in [-0.3, -0.25) is 9.69 Å². The third kappa shape index (κ3) is 5.05. The van der Waals surface area contributed by atoms with Crippen molar-refractivity contribution in [2.45, 2.75) is 19.9 Å². The van der Waals surface area contributed by atoms with Crippen LogP contribution in [0, 0.1) is 13.8 Å². The van der Waals surface area contributed by atoms with Crippen molar-refractivity contribution in [2.24, 2.45) is 0 Å². The van der Waals surface area contributed by atoms with Crippen LogP contribution in [0.25, 0.3) is 0 Å². The number of morpholine rings is 1. The Bertz CT molecular complexity index is 1090. The zero-order chi connectivity index (χ0) is 23.4. The van der Waals surface area contributed by atoms with Crippen LogP contribution >= 0.6 is 11.3 Å². The summed E-state index contributed by atoms with van der Waals surface area (Å²) in [5.41, 5.74) is 4.11. The minimum atomic E-state index is -0.129. The average Bonchev–Trinajstić information content (AvgIpc) is 3.13. The fraction of sp³-hybridized carbons (Fsp3) is 0.346. The van der Waals surface area contributed by atoms with Gasteiger partial charge in [-0.1, -0.05) is 12.1 Å². The zero-order valence-corrected chi connectivity index (χ0v) is 20.3. The van der Waals surface area contributed by atoms with Crippen molar-refractivity contribution in [3.63, 3.8) is 0 Å². The molecule has 0 saturated carbocycles. The molecule has 4 rings (SSSR count). The number of aryl methyl sites for hydroxylation is 1. The van der Waals surface area contributed by atoms with Crippen LogP contribution in [0.4, 0.5) is 5.00 Å². The van der Waals surface area contributed by atoms with E-state index in [1.165, 1.54) is 16.0 Å². The van der Waals surface area contributed by atoms with Gasteiger partial charge in [0, 0.05) is 29.1 Å². The first-order chi connectivity index (χ1) is 16.0. The van der Waals surface area contributed by atoms with Crippen LogP contribution in [0.2, 0.25) is 0 Å². The van der Waals surface area contributed by atoms with Crippen molar-refractivity contribution in [1.82, 2.24) is 4.90 Å². The number of nitrogens with zero attached hydrogens (tertiary/aromatic N) is 1. The summed E-state index contributed by atoms with van der Waals surface area (Å²) in [4.78, 5) is 16.7. The van der Waals surface area contributed by atoms with E-state index in [4.69, 9.17) is 14.2 Å². The molecule has 1 aliphatic heterocycles. The summed E-state index contributed by atoms with van der Waals surface area (Å²) in [5.74, 6) is 1.42. The highest BCUT2D eigenvalue weighted by molar-refractivity contribution is 7.16. The van der Waals surface area contributed by atoms with Crippen molar-refractivity contribution in [3.8, 4) is 11.5 Å². The molecule has 1 atom stereocenters. The van der Waals surface area contributed by atoms with Gasteiger partial charge >= 0.3 is 0 Å². The second-order valence-corrected chi connectivity index (χ2v) is 9.26. The van der Waals surface area contributed by atoms with Crippen LogP contribution in [0.15, 0.2) is 48.5 Å². The van der Waals surface area contributed by atoms with E-state index in [0.29, 0.717) is 18.8 Å². The van der Waals surface area contributed by atoms with Crippen molar-refractivity contribution in [3.05, 3.63) is 75.7 Å². The van der Waals surface area contributed by atoms with E-state index in [0.717, 1.165) is 35.2 Å². The van der Waals surface area contributed by atoms with Crippen LogP contribution < -0.4 is 14.8 Å². The van der Waals surface area contributed by atoms with E-state index < -0.39 is 0 Å². The average molecular weight is 467 g/mol. The molecule has 0 bridgehead atoms. The van der Waals surface area contributed by atoms with Gasteiger partial charge in [0.05, 0.1) is 33.5 Å². The van der Waals surface area contributed by atoms with Gasteiger partial charge in [-0.25, -0.2) is 0 Å². The molecule has 33 heavy (non-hydrogen) atoms. The number of thiophene rings is 1. The molecule has 0 unspecified atom stereocenters. The first-order valence-electron chi connectivity index (χ1n) is 11.0. The molecule has 0 spiro atoms. The molecule has 2 heterocycles. The molecular formula is C26H30N2O4S. The van der Waals surface area contributed by atoms with Gasteiger partial charge < -0.3 is 19.5 Å². The number of hydrogen-bond donors (Lipinski definition) is 1. The topological polar surface area (TPSA) is 60.0 Å². The van der Waals surface area contributed by atoms with E-state index >= 15 is 0 Å². The molecule has 0 aliphatic carbocycles. The molecule has 3 aromatic rings. The van der Waals surface area contributed by atoms with Crippen molar-refractivity contribution in [1.29, 1.82) is 0 Å². The minimum absolute atomic E-state index is 0.0101. The second-order valence-electron chi connectivity index (χ2n) is 8.03. The largest absolute Gasteiger partial charge is 0.497 e. The summed E-state index contributed by atoms with van der Waals surface area (Å²) in [5, 5.41) is 4.08. The highest BCUT2D eigenvalue weighted by Crippen LogP contribution is 2.42. The zero-order valence-electron chi connectivity index (χ0n) is 19.5. The number of ether oxygens (including phenoxy) is 3. The molecule has 1 fully saturated rings. The van der Waals surface area contributed by atoms with Crippen molar-refractivity contribution in [2.75, 3.05) is 45.8 Å². The maximum atomic E-state index is 13.1. The number of carbonyl (C=O) groups excluding carboxylic acids is 1. The van der Waals surface area contributed by atoms with E-state index in [2.05, 4.69) is 36.2 Å². The van der Waals surface area contributed by atoms with Crippen LogP contribution in [0.1, 0.15) is 38.0 Å². The summed E-state index contributed by atoms with van der Waals surface area (Å²) in [6, 6.07) is 15.4. The second kappa shape index (κ2) is 10.4. The first kappa shape index (κ1) is 23.3. The number of rotatable bonds is 7. The molecule has 1 aliphatic rings. The van der Waals surface area contributed by atoms with E-state index in [9.17, 15) is 4.79 Å². The van der Waals surface area contributed by atoms with Gasteiger partial charge in [-0.05, 0) is 61.4 Å². The van der Waals surface area contributed by atoms with Crippen molar-refractivity contribution >= 4 is 22.2 Å². The Hall–Kier alpha value is -2.87. The van der Waals surface area contributed by atoms with Gasteiger partial charge in [0.25, 0.3) is 5.91 Å². The lowest BCUT2D eigenvalue weighted by Crippen LogP contribution is -2.39. The van der Waals surface area contributed by atoms with Crippen LogP contribution in [0.3, 0.4) is 0 Å². The maximum Gasteiger partial charge on any atom is 0.256 e. The quantitative estimate of drug-likeness (QED) is 0.528. The highest BCUT2D eigenvalue weighted by Gasteiger charge is 2.30. The number of anilines is 1. The fourth-order valence-electron chi connectivity index (χ4n) is 4.17. The SMILES string of the molecule is COc1ccc(C(=O)Nc2sc(C)c(C)c2[C@@H](c2ccc(OC)cc2)N2CCOCC2)cc1. The summed E-state index contributed by atoms with van der Waals surface area (Å²) in [7, 11) is 3.29. The van der Waals surface area contributed by atoms with Gasteiger partial charge in [0.15, 0.2) is 0 Å². The molecule has 1 amide bonds. The molecule has 1 aromatic heterocycles. The molecule has 2 aromatic carbocycles. The predicted molar refractivity (Wildman–Crippen MR) is 132 cm³/mol. The molecule has 0 radical (unpaired) electrons. The number of nitrogens with one attached hydrogen (secondary N) is 1. The van der Waals surface area contributed by atoms with Crippen molar-refractivity contribution < 1.29 is 19.0 Å². The van der Waals surface area contributed by atoms with E-state index in [-0.39, 0.29) is 11.9 Å². The molecule has 174 valence electrons. The van der Waals surface area contributed by atoms with E-state index in [1.54, 1.807) is 49.8 Å². The molecule has 6 nitrogen and oxygen atoms in total. The number of methoxy groups -OCH3 is 2. The first-order valence-corrected chi connectivity index (χ1v) is 11.8. The Morgan fingerprint density at radius 3 is 2.12 bits per heavy atom. The summed E-state index contributed by atoms with van der Waals surface area (Å²) < 4.78 is 16.2. The summed E-state index contributed by atoms with van der Waals surface area (Å²) in [6.45, 7) is 7.30. The number of amides is 1. The number of hydrogen-bond acceptors (Lipinski definition) is 6. The summed E-state index contributed by atoms with van der Waals surface area (Å²) >= 11 is 1.63. The third-order valence-electron chi connectivity index (χ3n) is 6.13. The van der Waals surface area contributed by atoms with Gasteiger partial charge in [0.1, 0.15) is 16.5 Å². The Morgan fingerprint density at radius 1 is 0.970 bits per heavy atom. The smallest absolute Gasteiger partial charge is 0.256 e. The Balaban J connectivity index is 1.72. The van der Waals surface area contributed by atoms with Crippen LogP contribution in [-0.4, -0.2) is 51.3 Å². The lowest BCUT2D eigenvalue weighted by molar-refractivity contribution is 0.0240. The third-order valence-corrected chi connectivity index (χ3v) is 7.27. The minimum Gasteiger partial charge on any atom is -0.497 e. The Kier molecular flexibility index (Phi) is 7.33. The van der Waals surface area contributed by atoms with E-state index in [1.807, 2.05) is 12.1 Å². The standard InChI is InChI=1S/C26H30N2O4S/c1-17-18(2)33-26(27-25(29)20-7-11-22(31-4)12-8-20)23(17)24(28-13-15-32-16-14-28)19-5-9-21(30-3)10-6-19/h5-12,24H,13-16H2,1-4H3,(H,27,29)/t24-/m1/s1. The lowest BCUT2D eigenvalue weighted by atomic mass is 9.94. The molecule has 7 heteroatoms. The van der Waals surface area contributed by atoms with Gasteiger partial charge in [0.2, 0.25) is 0 Å². The monoisotopic (exact) mass is 466 g/mol. The summed E-state index contributed by atoms with van der Waals surface area (Å²) in [6.07, 6.45) is 0. The maximum absolute atomic E-state index is 13.1.